The van der Waals surface area contributed by atoms with Crippen LogP contribution in [-0.2, 0) is 21.3 Å². The molecule has 3 aromatic rings. The Bertz CT molecular complexity index is 1410. The number of amides is 1. The number of fused-ring (bicyclic) bond motifs is 1. The number of rotatable bonds is 4. The van der Waals surface area contributed by atoms with Crippen LogP contribution >= 0.6 is 11.3 Å². The summed E-state index contributed by atoms with van der Waals surface area (Å²) in [6.07, 6.45) is 5.05. The van der Waals surface area contributed by atoms with Gasteiger partial charge in [-0.3, -0.25) is 4.79 Å². The highest BCUT2D eigenvalue weighted by Crippen LogP contribution is 2.22. The Hall–Kier alpha value is -2.84. The van der Waals surface area contributed by atoms with Crippen molar-refractivity contribution in [1.29, 1.82) is 0 Å². The molecule has 2 heterocycles. The lowest BCUT2D eigenvalue weighted by Crippen LogP contribution is -2.48. The predicted octanol–water partition coefficient (Wildman–Crippen LogP) is 3.01. The first kappa shape index (κ1) is 23.3. The van der Waals surface area contributed by atoms with E-state index in [1.165, 1.54) is 40.7 Å². The van der Waals surface area contributed by atoms with Crippen LogP contribution in [0.15, 0.2) is 52.4 Å². The van der Waals surface area contributed by atoms with E-state index in [4.69, 9.17) is 11.2 Å². The molecule has 2 aromatic carbocycles. The van der Waals surface area contributed by atoms with Crippen LogP contribution in [0.2, 0.25) is 0 Å². The number of ether oxygens (including phenoxy) is 1. The first-order valence-electron chi connectivity index (χ1n) is 10.3. The third-order valence-corrected chi connectivity index (χ3v) is 8.10. The second-order valence-electron chi connectivity index (χ2n) is 7.81. The van der Waals surface area contributed by atoms with Crippen LogP contribution in [0.5, 0.6) is 0 Å². The van der Waals surface area contributed by atoms with Gasteiger partial charge in [0.25, 0.3) is 5.91 Å². The molecule has 1 amide bonds. The first-order chi connectivity index (χ1) is 15.7. The molecule has 0 N–H and O–H groups in total. The van der Waals surface area contributed by atoms with Gasteiger partial charge in [0.1, 0.15) is 5.82 Å². The van der Waals surface area contributed by atoms with E-state index in [9.17, 15) is 17.6 Å². The number of nitrogens with zero attached hydrogens (tertiary/aromatic N) is 3. The number of halogens is 1. The second kappa shape index (κ2) is 9.19. The number of benzene rings is 2. The van der Waals surface area contributed by atoms with E-state index in [0.29, 0.717) is 15.0 Å². The van der Waals surface area contributed by atoms with E-state index in [2.05, 4.69) is 10.9 Å². The zero-order valence-corrected chi connectivity index (χ0v) is 19.7. The number of sulfonamides is 1. The van der Waals surface area contributed by atoms with Crippen molar-refractivity contribution in [3.05, 3.63) is 58.6 Å². The number of carbonyl (C=O) groups excluding carboxylic acids is 1. The number of hydrogen-bond donors (Lipinski definition) is 0. The van der Waals surface area contributed by atoms with Gasteiger partial charge in [0.05, 0.1) is 33.9 Å². The Morgan fingerprint density at radius 3 is 2.52 bits per heavy atom. The SMILES string of the molecule is C#CCn1c(=NC(=O)c2ccc(S(=O)(=O)N3CC(C)OC(C)C3)cc2)sc2cc(F)ccc21. The number of aromatic nitrogens is 1. The fourth-order valence-corrected chi connectivity index (χ4v) is 6.42. The minimum atomic E-state index is -3.71. The maximum Gasteiger partial charge on any atom is 0.279 e. The summed E-state index contributed by atoms with van der Waals surface area (Å²) < 4.78 is 48.9. The van der Waals surface area contributed by atoms with Crippen molar-refractivity contribution < 1.29 is 22.3 Å². The lowest BCUT2D eigenvalue weighted by Gasteiger charge is -2.34. The standard InChI is InChI=1S/C23H22FN3O4S2/c1-4-11-27-20-10-7-18(24)12-21(20)32-23(27)25-22(28)17-5-8-19(9-6-17)33(29,30)26-13-15(2)31-16(3)14-26/h1,5-10,12,15-16H,11,13-14H2,2-3H3. The predicted molar refractivity (Wildman–Crippen MR) is 124 cm³/mol. The summed E-state index contributed by atoms with van der Waals surface area (Å²) in [7, 11) is -3.71. The number of thiazole rings is 1. The van der Waals surface area contributed by atoms with Gasteiger partial charge >= 0.3 is 0 Å². The van der Waals surface area contributed by atoms with E-state index in [1.54, 1.807) is 10.6 Å². The molecule has 0 saturated carbocycles. The minimum Gasteiger partial charge on any atom is -0.373 e. The van der Waals surface area contributed by atoms with Gasteiger partial charge in [0.2, 0.25) is 10.0 Å². The van der Waals surface area contributed by atoms with Crippen LogP contribution in [0.3, 0.4) is 0 Å². The fraction of sp³-hybridized carbons (Fsp3) is 0.304. The molecule has 7 nitrogen and oxygen atoms in total. The molecule has 2 atom stereocenters. The smallest absolute Gasteiger partial charge is 0.279 e. The highest BCUT2D eigenvalue weighted by Gasteiger charge is 2.32. The van der Waals surface area contributed by atoms with Gasteiger partial charge in [-0.05, 0) is 56.3 Å². The average molecular weight is 488 g/mol. The third kappa shape index (κ3) is 4.77. The molecule has 2 unspecified atom stereocenters. The number of terminal acetylenes is 1. The maximum atomic E-state index is 13.6. The van der Waals surface area contributed by atoms with Gasteiger partial charge in [-0.15, -0.1) is 6.42 Å². The Morgan fingerprint density at radius 2 is 1.88 bits per heavy atom. The van der Waals surface area contributed by atoms with E-state index in [-0.39, 0.29) is 42.3 Å². The molecule has 0 bridgehead atoms. The summed E-state index contributed by atoms with van der Waals surface area (Å²) in [4.78, 5) is 17.4. The molecule has 33 heavy (non-hydrogen) atoms. The van der Waals surface area contributed by atoms with Crippen LogP contribution in [0.4, 0.5) is 4.39 Å². The maximum absolute atomic E-state index is 13.6. The van der Waals surface area contributed by atoms with Crippen molar-refractivity contribution in [3.63, 3.8) is 0 Å². The topological polar surface area (TPSA) is 81.0 Å². The highest BCUT2D eigenvalue weighted by atomic mass is 32.2. The van der Waals surface area contributed by atoms with E-state index in [1.807, 2.05) is 13.8 Å². The Balaban J connectivity index is 1.64. The summed E-state index contributed by atoms with van der Waals surface area (Å²) in [5, 5.41) is 0. The van der Waals surface area contributed by atoms with E-state index < -0.39 is 21.7 Å². The second-order valence-corrected chi connectivity index (χ2v) is 10.8. The minimum absolute atomic E-state index is 0.0973. The quantitative estimate of drug-likeness (QED) is 0.530. The van der Waals surface area contributed by atoms with Gasteiger partial charge in [-0.25, -0.2) is 12.8 Å². The van der Waals surface area contributed by atoms with Gasteiger partial charge in [0.15, 0.2) is 4.80 Å². The van der Waals surface area contributed by atoms with Crippen molar-refractivity contribution in [1.82, 2.24) is 8.87 Å². The van der Waals surface area contributed by atoms with Crippen molar-refractivity contribution >= 4 is 37.5 Å². The van der Waals surface area contributed by atoms with Crippen LogP contribution in [0.1, 0.15) is 24.2 Å². The molecule has 0 aliphatic carbocycles. The Morgan fingerprint density at radius 1 is 1.21 bits per heavy atom. The van der Waals surface area contributed by atoms with Crippen molar-refractivity contribution in [2.24, 2.45) is 4.99 Å². The summed E-state index contributed by atoms with van der Waals surface area (Å²) in [5.41, 5.74) is 0.912. The Kier molecular flexibility index (Phi) is 6.50. The van der Waals surface area contributed by atoms with Crippen molar-refractivity contribution in [3.8, 4) is 12.3 Å². The zero-order valence-electron chi connectivity index (χ0n) is 18.1. The van der Waals surface area contributed by atoms with Crippen LogP contribution < -0.4 is 4.80 Å². The lowest BCUT2D eigenvalue weighted by molar-refractivity contribution is -0.0440. The summed E-state index contributed by atoms with van der Waals surface area (Å²) in [6.45, 7) is 4.37. The van der Waals surface area contributed by atoms with E-state index >= 15 is 0 Å². The van der Waals surface area contributed by atoms with Gasteiger partial charge in [-0.2, -0.15) is 9.30 Å². The molecule has 10 heteroatoms. The van der Waals surface area contributed by atoms with Crippen molar-refractivity contribution in [2.75, 3.05) is 13.1 Å². The monoisotopic (exact) mass is 487 g/mol. The number of carbonyl (C=O) groups is 1. The highest BCUT2D eigenvalue weighted by molar-refractivity contribution is 7.89. The van der Waals surface area contributed by atoms with Crippen LogP contribution in [-0.4, -0.2) is 48.5 Å². The van der Waals surface area contributed by atoms with Gasteiger partial charge in [-0.1, -0.05) is 17.3 Å². The number of hydrogen-bond acceptors (Lipinski definition) is 5. The van der Waals surface area contributed by atoms with E-state index in [0.717, 1.165) is 11.3 Å². The molecule has 0 spiro atoms. The first-order valence-corrected chi connectivity index (χ1v) is 12.5. The van der Waals surface area contributed by atoms with Gasteiger partial charge in [0, 0.05) is 18.7 Å². The molecular formula is C23H22FN3O4S2. The molecule has 1 fully saturated rings. The largest absolute Gasteiger partial charge is 0.373 e. The molecular weight excluding hydrogens is 465 g/mol. The third-order valence-electron chi connectivity index (χ3n) is 5.22. The Labute approximate surface area is 195 Å². The molecule has 1 aliphatic heterocycles. The normalized spacial score (nSPS) is 20.1. The van der Waals surface area contributed by atoms with Crippen LogP contribution in [0.25, 0.3) is 10.2 Å². The number of morpholine rings is 1. The summed E-state index contributed by atoms with van der Waals surface area (Å²) in [6, 6.07) is 9.95. The molecule has 1 aromatic heterocycles. The van der Waals surface area contributed by atoms with Gasteiger partial charge < -0.3 is 9.30 Å². The molecule has 172 valence electrons. The zero-order chi connectivity index (χ0) is 23.8. The summed E-state index contributed by atoms with van der Waals surface area (Å²) >= 11 is 1.15. The molecule has 4 rings (SSSR count). The van der Waals surface area contributed by atoms with Crippen LogP contribution in [0, 0.1) is 18.2 Å². The molecule has 0 radical (unpaired) electrons. The lowest BCUT2D eigenvalue weighted by atomic mass is 10.2. The fourth-order valence-electron chi connectivity index (χ4n) is 3.77. The average Bonchev–Trinajstić information content (AvgIpc) is 3.09. The van der Waals surface area contributed by atoms with Crippen molar-refractivity contribution in [2.45, 2.75) is 37.5 Å². The molecule has 1 saturated heterocycles. The molecule has 1 aliphatic rings. The summed E-state index contributed by atoms with van der Waals surface area (Å²) in [5.74, 6) is 1.57.